The molecule has 0 saturated carbocycles. The minimum atomic E-state index is 0.644. The molecule has 0 N–H and O–H groups in total. The lowest BCUT2D eigenvalue weighted by Gasteiger charge is -2.33. The van der Waals surface area contributed by atoms with E-state index >= 15 is 0 Å². The highest BCUT2D eigenvalue weighted by molar-refractivity contribution is 4.96. The zero-order chi connectivity index (χ0) is 19.6. The van der Waals surface area contributed by atoms with Gasteiger partial charge in [0.05, 0.1) is 0 Å². The summed E-state index contributed by atoms with van der Waals surface area (Å²) >= 11 is 0. The number of hydrogen-bond acceptors (Lipinski definition) is 2. The summed E-state index contributed by atoms with van der Waals surface area (Å²) in [4.78, 5) is 5.24. The van der Waals surface area contributed by atoms with E-state index in [0.29, 0.717) is 6.17 Å². The van der Waals surface area contributed by atoms with Gasteiger partial charge < -0.3 is 9.80 Å². The second-order valence-corrected chi connectivity index (χ2v) is 8.64. The van der Waals surface area contributed by atoms with Gasteiger partial charge in [-0.25, -0.2) is 0 Å². The summed E-state index contributed by atoms with van der Waals surface area (Å²) in [5.74, 6) is 0. The van der Waals surface area contributed by atoms with Crippen LogP contribution in [0.5, 0.6) is 0 Å². The average molecular weight is 379 g/mol. The minimum Gasteiger partial charge on any atom is -0.356 e. The molecule has 160 valence electrons. The number of hydrogen-bond donors (Lipinski definition) is 0. The van der Waals surface area contributed by atoms with E-state index in [1.807, 2.05) is 0 Å². The predicted molar refractivity (Wildman–Crippen MR) is 122 cm³/mol. The fraction of sp³-hybridized carbons (Fsp3) is 0.920. The molecule has 0 aromatic carbocycles. The van der Waals surface area contributed by atoms with Gasteiger partial charge in [0.25, 0.3) is 0 Å². The minimum absolute atomic E-state index is 0.644. The Bertz CT molecular complexity index is 339. The Morgan fingerprint density at radius 2 is 0.926 bits per heavy atom. The third-order valence-electron chi connectivity index (χ3n) is 6.03. The Hall–Kier alpha value is -0.660. The van der Waals surface area contributed by atoms with Crippen molar-refractivity contribution in [3.8, 4) is 0 Å². The van der Waals surface area contributed by atoms with Crippen LogP contribution in [0.15, 0.2) is 12.4 Å². The first-order valence-corrected chi connectivity index (χ1v) is 12.5. The van der Waals surface area contributed by atoms with Crippen LogP contribution in [0.3, 0.4) is 0 Å². The van der Waals surface area contributed by atoms with Gasteiger partial charge in [0.1, 0.15) is 6.17 Å². The van der Waals surface area contributed by atoms with Crippen molar-refractivity contribution in [2.75, 3.05) is 13.1 Å². The van der Waals surface area contributed by atoms with E-state index in [0.717, 1.165) is 0 Å². The van der Waals surface area contributed by atoms with Gasteiger partial charge in [-0.1, -0.05) is 104 Å². The Labute approximate surface area is 171 Å². The predicted octanol–water partition coefficient (Wildman–Crippen LogP) is 8.09. The van der Waals surface area contributed by atoms with Gasteiger partial charge in [0.2, 0.25) is 0 Å². The first-order valence-electron chi connectivity index (χ1n) is 12.5. The molecule has 2 heteroatoms. The van der Waals surface area contributed by atoms with E-state index in [2.05, 4.69) is 43.0 Å². The van der Waals surface area contributed by atoms with Crippen LogP contribution >= 0.6 is 0 Å². The Kier molecular flexibility index (Phi) is 15.7. The third-order valence-corrected chi connectivity index (χ3v) is 6.03. The van der Waals surface area contributed by atoms with Gasteiger partial charge in [-0.2, -0.15) is 0 Å². The molecule has 0 saturated heterocycles. The molecule has 0 aromatic heterocycles. The van der Waals surface area contributed by atoms with Crippen LogP contribution in [0.25, 0.3) is 0 Å². The smallest absolute Gasteiger partial charge is 0.101 e. The SMILES string of the molecule is CCCCCCCCCCC1N(CCC)C=CN1CCCCCCCCC. The number of rotatable bonds is 19. The van der Waals surface area contributed by atoms with Gasteiger partial charge in [-0.3, -0.25) is 0 Å². The quantitative estimate of drug-likeness (QED) is 0.209. The van der Waals surface area contributed by atoms with Crippen molar-refractivity contribution in [2.24, 2.45) is 0 Å². The zero-order valence-electron chi connectivity index (χ0n) is 19.1. The van der Waals surface area contributed by atoms with Gasteiger partial charge in [0, 0.05) is 25.5 Å². The second kappa shape index (κ2) is 17.4. The Balaban J connectivity index is 2.17. The van der Waals surface area contributed by atoms with E-state index in [1.165, 1.54) is 122 Å². The first-order chi connectivity index (χ1) is 13.3. The summed E-state index contributed by atoms with van der Waals surface area (Å²) in [7, 11) is 0. The van der Waals surface area contributed by atoms with Crippen molar-refractivity contribution >= 4 is 0 Å². The van der Waals surface area contributed by atoms with Gasteiger partial charge in [0.15, 0.2) is 0 Å². The fourth-order valence-electron chi connectivity index (χ4n) is 4.31. The van der Waals surface area contributed by atoms with Crippen molar-refractivity contribution in [3.63, 3.8) is 0 Å². The van der Waals surface area contributed by atoms with Gasteiger partial charge in [-0.05, 0) is 25.7 Å². The van der Waals surface area contributed by atoms with E-state index < -0.39 is 0 Å². The van der Waals surface area contributed by atoms with E-state index in [9.17, 15) is 0 Å². The molecule has 0 aromatic rings. The summed E-state index contributed by atoms with van der Waals surface area (Å²) in [6, 6.07) is 0. The fourth-order valence-corrected chi connectivity index (χ4v) is 4.31. The summed E-state index contributed by atoms with van der Waals surface area (Å²) in [6.07, 6.45) is 29.2. The van der Waals surface area contributed by atoms with Crippen molar-refractivity contribution in [3.05, 3.63) is 12.4 Å². The Morgan fingerprint density at radius 3 is 1.44 bits per heavy atom. The van der Waals surface area contributed by atoms with Gasteiger partial charge >= 0.3 is 0 Å². The lowest BCUT2D eigenvalue weighted by molar-refractivity contribution is 0.137. The van der Waals surface area contributed by atoms with E-state index in [4.69, 9.17) is 0 Å². The molecule has 1 aliphatic rings. The molecular weight excluding hydrogens is 328 g/mol. The van der Waals surface area contributed by atoms with Crippen LogP contribution in [0.2, 0.25) is 0 Å². The molecule has 1 atom stereocenters. The highest BCUT2D eigenvalue weighted by Crippen LogP contribution is 2.23. The molecule has 0 amide bonds. The van der Waals surface area contributed by atoms with Gasteiger partial charge in [-0.15, -0.1) is 0 Å². The van der Waals surface area contributed by atoms with Crippen LogP contribution < -0.4 is 0 Å². The molecule has 1 rings (SSSR count). The van der Waals surface area contributed by atoms with Crippen molar-refractivity contribution in [2.45, 2.75) is 136 Å². The van der Waals surface area contributed by atoms with Crippen LogP contribution in [0, 0.1) is 0 Å². The maximum absolute atomic E-state index is 2.64. The van der Waals surface area contributed by atoms with Crippen LogP contribution in [-0.2, 0) is 0 Å². The molecule has 0 radical (unpaired) electrons. The lowest BCUT2D eigenvalue weighted by atomic mass is 10.1. The maximum atomic E-state index is 2.64. The largest absolute Gasteiger partial charge is 0.356 e. The summed E-state index contributed by atoms with van der Waals surface area (Å²) in [5, 5.41) is 0. The van der Waals surface area contributed by atoms with Crippen molar-refractivity contribution in [1.29, 1.82) is 0 Å². The van der Waals surface area contributed by atoms with Crippen LogP contribution in [-0.4, -0.2) is 29.1 Å². The molecule has 1 aliphatic heterocycles. The third kappa shape index (κ3) is 11.7. The second-order valence-electron chi connectivity index (χ2n) is 8.64. The Morgan fingerprint density at radius 1 is 0.481 bits per heavy atom. The maximum Gasteiger partial charge on any atom is 0.101 e. The molecule has 27 heavy (non-hydrogen) atoms. The molecule has 0 bridgehead atoms. The highest BCUT2D eigenvalue weighted by atomic mass is 15.4. The molecule has 2 nitrogen and oxygen atoms in total. The van der Waals surface area contributed by atoms with E-state index in [-0.39, 0.29) is 0 Å². The molecule has 1 unspecified atom stereocenters. The average Bonchev–Trinajstić information content (AvgIpc) is 3.05. The lowest BCUT2D eigenvalue weighted by Crippen LogP contribution is -2.39. The van der Waals surface area contributed by atoms with Crippen LogP contribution in [0.4, 0.5) is 0 Å². The normalized spacial score (nSPS) is 16.6. The summed E-state index contributed by atoms with van der Waals surface area (Å²) < 4.78 is 0. The molecule has 0 fully saturated rings. The number of nitrogens with zero attached hydrogens (tertiary/aromatic N) is 2. The molecule has 1 heterocycles. The van der Waals surface area contributed by atoms with Crippen molar-refractivity contribution < 1.29 is 0 Å². The first kappa shape index (κ1) is 24.4. The zero-order valence-corrected chi connectivity index (χ0v) is 19.1. The molecule has 0 aliphatic carbocycles. The molecule has 0 spiro atoms. The van der Waals surface area contributed by atoms with Crippen molar-refractivity contribution in [1.82, 2.24) is 9.80 Å². The molecular formula is C25H50N2. The van der Waals surface area contributed by atoms with E-state index in [1.54, 1.807) is 0 Å². The topological polar surface area (TPSA) is 6.48 Å². The summed E-state index contributed by atoms with van der Waals surface area (Å²) in [5.41, 5.74) is 0. The highest BCUT2D eigenvalue weighted by Gasteiger charge is 2.24. The summed E-state index contributed by atoms with van der Waals surface area (Å²) in [6.45, 7) is 9.38. The monoisotopic (exact) mass is 378 g/mol. The number of unbranched alkanes of at least 4 members (excludes halogenated alkanes) is 13. The standard InChI is InChI=1S/C25H50N2/c1-4-7-9-11-13-14-16-18-20-25-26(21-6-3)23-24-27(25)22-19-17-15-12-10-8-5-2/h23-25H,4-22H2,1-3H3. The van der Waals surface area contributed by atoms with Crippen LogP contribution in [0.1, 0.15) is 130 Å².